The van der Waals surface area contributed by atoms with Crippen LogP contribution in [0.3, 0.4) is 0 Å². The number of carbonyl (C=O) groups is 1. The van der Waals surface area contributed by atoms with Gasteiger partial charge in [0.05, 0.1) is 16.4 Å². The molecule has 8 nitrogen and oxygen atoms in total. The molecule has 1 fully saturated rings. The number of amides is 1. The van der Waals surface area contributed by atoms with E-state index in [1.54, 1.807) is 0 Å². The fourth-order valence-corrected chi connectivity index (χ4v) is 3.65. The second kappa shape index (κ2) is 11.9. The largest absolute Gasteiger partial charge is 0.486 e. The van der Waals surface area contributed by atoms with Gasteiger partial charge in [-0.25, -0.2) is 0 Å². The highest BCUT2D eigenvalue weighted by Gasteiger charge is 2.36. The first-order chi connectivity index (χ1) is 16.0. The van der Waals surface area contributed by atoms with E-state index in [4.69, 9.17) is 16.3 Å². The quantitative estimate of drug-likeness (QED) is 0.285. The van der Waals surface area contributed by atoms with Crippen molar-refractivity contribution in [2.45, 2.75) is 18.8 Å². The molecule has 0 bridgehead atoms. The number of hydrogen-bond acceptors (Lipinski definition) is 6. The lowest BCUT2D eigenvalue weighted by molar-refractivity contribution is -0.385. The van der Waals surface area contributed by atoms with E-state index in [0.717, 1.165) is 12.1 Å². The Bertz CT molecular complexity index is 1060. The van der Waals surface area contributed by atoms with Crippen molar-refractivity contribution in [1.82, 2.24) is 9.80 Å². The summed E-state index contributed by atoms with van der Waals surface area (Å²) < 4.78 is 46.3. The standard InChI is InChI=1S/C22H24ClF3N4O4.ClH/c1-28(2)17-12-29(13-17)11-15-3-5-16(10-18(15)22(24,25)26)27-21(31)14-4-6-20(34-8-7-23)19(9-14)30(32)33;/h3-6,9-10,17H,7-8,11-13H2,1-2H3,(H,27,31);1H. The number of carbonyl (C=O) groups excluding carboxylic acids is 1. The van der Waals surface area contributed by atoms with E-state index in [2.05, 4.69) is 5.32 Å². The van der Waals surface area contributed by atoms with Crippen LogP contribution in [-0.4, -0.2) is 66.3 Å². The van der Waals surface area contributed by atoms with Gasteiger partial charge in [-0.2, -0.15) is 13.2 Å². The number of alkyl halides is 4. The zero-order chi connectivity index (χ0) is 25.0. The van der Waals surface area contributed by atoms with Gasteiger partial charge in [0.15, 0.2) is 5.75 Å². The number of benzene rings is 2. The lowest BCUT2D eigenvalue weighted by Gasteiger charge is -2.43. The third-order valence-electron chi connectivity index (χ3n) is 5.49. The maximum Gasteiger partial charge on any atom is 0.416 e. The van der Waals surface area contributed by atoms with Gasteiger partial charge in [-0.3, -0.25) is 19.8 Å². The van der Waals surface area contributed by atoms with Crippen molar-refractivity contribution in [3.8, 4) is 5.75 Å². The molecule has 2 aromatic carbocycles. The number of ether oxygens (including phenoxy) is 1. The number of halogens is 5. The van der Waals surface area contributed by atoms with Gasteiger partial charge in [0.2, 0.25) is 0 Å². The number of nitro groups is 1. The predicted molar refractivity (Wildman–Crippen MR) is 129 cm³/mol. The van der Waals surface area contributed by atoms with Gasteiger partial charge in [0.1, 0.15) is 6.61 Å². The Morgan fingerprint density at radius 3 is 2.51 bits per heavy atom. The van der Waals surface area contributed by atoms with E-state index in [-0.39, 0.29) is 54.0 Å². The smallest absolute Gasteiger partial charge is 0.416 e. The monoisotopic (exact) mass is 536 g/mol. The highest BCUT2D eigenvalue weighted by atomic mass is 35.5. The van der Waals surface area contributed by atoms with Crippen LogP contribution in [0.5, 0.6) is 5.75 Å². The Kier molecular flexibility index (Phi) is 9.73. The van der Waals surface area contributed by atoms with Gasteiger partial charge >= 0.3 is 11.9 Å². The Labute approximate surface area is 211 Å². The van der Waals surface area contributed by atoms with Crippen molar-refractivity contribution in [3.63, 3.8) is 0 Å². The molecule has 0 aliphatic carbocycles. The van der Waals surface area contributed by atoms with Crippen molar-refractivity contribution < 1.29 is 27.6 Å². The molecule has 1 saturated heterocycles. The van der Waals surface area contributed by atoms with Gasteiger partial charge in [-0.15, -0.1) is 24.0 Å². The van der Waals surface area contributed by atoms with E-state index in [9.17, 15) is 28.1 Å². The number of likely N-dealkylation sites (N-methyl/N-ethyl adjacent to an activating group) is 1. The molecule has 0 spiro atoms. The number of nitro benzene ring substituents is 1. The first-order valence-corrected chi connectivity index (χ1v) is 10.9. The molecule has 1 heterocycles. The van der Waals surface area contributed by atoms with Crippen molar-refractivity contribution in [3.05, 3.63) is 63.2 Å². The Morgan fingerprint density at radius 2 is 1.94 bits per heavy atom. The predicted octanol–water partition coefficient (Wildman–Crippen LogP) is 4.65. The van der Waals surface area contributed by atoms with Crippen LogP contribution in [0.4, 0.5) is 24.5 Å². The third-order valence-corrected chi connectivity index (χ3v) is 5.64. The Balaban J connectivity index is 0.00000432. The summed E-state index contributed by atoms with van der Waals surface area (Å²) in [5.74, 6) is -0.733. The van der Waals surface area contributed by atoms with Crippen molar-refractivity contribution in [2.24, 2.45) is 0 Å². The molecule has 3 rings (SSSR count). The van der Waals surface area contributed by atoms with E-state index in [0.29, 0.717) is 19.1 Å². The molecule has 1 aliphatic rings. The molecule has 0 aromatic heterocycles. The van der Waals surface area contributed by atoms with Gasteiger partial charge < -0.3 is 15.0 Å². The average Bonchev–Trinajstić information content (AvgIpc) is 2.73. The molecule has 1 aliphatic heterocycles. The fourth-order valence-electron chi connectivity index (χ4n) is 3.57. The van der Waals surface area contributed by atoms with Crippen LogP contribution in [0.25, 0.3) is 0 Å². The SMILES string of the molecule is CN(C)C1CN(Cc2ccc(NC(=O)c3ccc(OCCCl)c([N+](=O)[O-])c3)cc2C(F)(F)F)C1.Cl. The molecule has 1 N–H and O–H groups in total. The Hall–Kier alpha value is -2.60. The van der Waals surface area contributed by atoms with Crippen molar-refractivity contribution in [1.29, 1.82) is 0 Å². The highest BCUT2D eigenvalue weighted by molar-refractivity contribution is 6.18. The van der Waals surface area contributed by atoms with Gasteiger partial charge in [-0.1, -0.05) is 6.07 Å². The average molecular weight is 537 g/mol. The van der Waals surface area contributed by atoms with Crippen LogP contribution in [0.15, 0.2) is 36.4 Å². The molecule has 0 radical (unpaired) electrons. The normalized spacial score (nSPS) is 14.3. The summed E-state index contributed by atoms with van der Waals surface area (Å²) in [5.41, 5.74) is -1.35. The molecule has 13 heteroatoms. The van der Waals surface area contributed by atoms with Gasteiger partial charge in [-0.05, 0) is 43.9 Å². The minimum atomic E-state index is -4.61. The van der Waals surface area contributed by atoms with Crippen LogP contribution < -0.4 is 10.1 Å². The number of likely N-dealkylation sites (tertiary alicyclic amines) is 1. The second-order valence-corrected chi connectivity index (χ2v) is 8.49. The summed E-state index contributed by atoms with van der Waals surface area (Å²) in [4.78, 5) is 27.1. The van der Waals surface area contributed by atoms with E-state index in [1.165, 1.54) is 24.3 Å². The molecule has 2 aromatic rings. The summed E-state index contributed by atoms with van der Waals surface area (Å²) in [6.45, 7) is 1.52. The van der Waals surface area contributed by atoms with E-state index < -0.39 is 28.3 Å². The summed E-state index contributed by atoms with van der Waals surface area (Å²) in [7, 11) is 3.85. The number of nitrogens with zero attached hydrogens (tertiary/aromatic N) is 3. The maximum absolute atomic E-state index is 13.7. The zero-order valence-corrected chi connectivity index (χ0v) is 20.5. The first-order valence-electron chi connectivity index (χ1n) is 10.4. The molecular weight excluding hydrogens is 512 g/mol. The van der Waals surface area contributed by atoms with Crippen LogP contribution in [-0.2, 0) is 12.7 Å². The van der Waals surface area contributed by atoms with Crippen LogP contribution in [0.2, 0.25) is 0 Å². The van der Waals surface area contributed by atoms with Gasteiger partial charge in [0.25, 0.3) is 5.91 Å². The fraction of sp³-hybridized carbons (Fsp3) is 0.409. The number of nitrogens with one attached hydrogen (secondary N) is 1. The molecule has 192 valence electrons. The molecule has 1 amide bonds. The van der Waals surface area contributed by atoms with E-state index in [1.807, 2.05) is 23.9 Å². The maximum atomic E-state index is 13.7. The van der Waals surface area contributed by atoms with Crippen molar-refractivity contribution in [2.75, 3.05) is 45.0 Å². The van der Waals surface area contributed by atoms with Crippen LogP contribution in [0.1, 0.15) is 21.5 Å². The van der Waals surface area contributed by atoms with E-state index >= 15 is 0 Å². The highest BCUT2D eigenvalue weighted by Crippen LogP contribution is 2.35. The molecule has 0 atom stereocenters. The molecule has 35 heavy (non-hydrogen) atoms. The summed E-state index contributed by atoms with van der Waals surface area (Å²) in [5, 5.41) is 13.7. The summed E-state index contributed by atoms with van der Waals surface area (Å²) in [6.07, 6.45) is -4.61. The summed E-state index contributed by atoms with van der Waals surface area (Å²) >= 11 is 5.53. The topological polar surface area (TPSA) is 88.0 Å². The van der Waals surface area contributed by atoms with Crippen LogP contribution >= 0.6 is 24.0 Å². The minimum Gasteiger partial charge on any atom is -0.486 e. The summed E-state index contributed by atoms with van der Waals surface area (Å²) in [6, 6.07) is 7.45. The molecular formula is C22H25Cl2F3N4O4. The number of rotatable bonds is 9. The lowest BCUT2D eigenvalue weighted by atomic mass is 10.0. The lowest BCUT2D eigenvalue weighted by Crippen LogP contribution is -2.56. The second-order valence-electron chi connectivity index (χ2n) is 8.11. The minimum absolute atomic E-state index is 0. The first kappa shape index (κ1) is 28.6. The molecule has 0 saturated carbocycles. The van der Waals surface area contributed by atoms with Crippen LogP contribution in [0, 0.1) is 10.1 Å². The van der Waals surface area contributed by atoms with Crippen molar-refractivity contribution >= 4 is 41.3 Å². The molecule has 0 unspecified atom stereocenters. The Morgan fingerprint density at radius 1 is 1.26 bits per heavy atom. The zero-order valence-electron chi connectivity index (χ0n) is 19.0. The number of anilines is 1. The third kappa shape index (κ3) is 7.20. The number of hydrogen-bond donors (Lipinski definition) is 1. The van der Waals surface area contributed by atoms with Gasteiger partial charge in [0, 0.05) is 43.0 Å².